The maximum absolute atomic E-state index is 10.7. The van der Waals surface area contributed by atoms with Crippen molar-refractivity contribution in [1.29, 1.82) is 0 Å². The number of carbonyl (C=O) groups is 1. The summed E-state index contributed by atoms with van der Waals surface area (Å²) in [6, 6.07) is 7.86. The molecule has 2 unspecified atom stereocenters. The van der Waals surface area contributed by atoms with Gasteiger partial charge in [0.05, 0.1) is 0 Å². The van der Waals surface area contributed by atoms with Gasteiger partial charge in [-0.3, -0.25) is 4.79 Å². The molecule has 3 N–H and O–H groups in total. The van der Waals surface area contributed by atoms with Crippen LogP contribution in [0.2, 0.25) is 0 Å². The maximum atomic E-state index is 10.7. The minimum absolute atomic E-state index is 0.0638. The highest BCUT2D eigenvalue weighted by Gasteiger charge is 2.17. The first-order chi connectivity index (χ1) is 8.40. The lowest BCUT2D eigenvalue weighted by Crippen LogP contribution is -2.21. The Balaban J connectivity index is 2.69. The monoisotopic (exact) mass is 267 g/mol. The van der Waals surface area contributed by atoms with E-state index in [-0.39, 0.29) is 18.4 Å². The first kappa shape index (κ1) is 15.1. The Hall–Kier alpha value is -1.00. The van der Waals surface area contributed by atoms with Crippen molar-refractivity contribution < 1.29 is 9.90 Å². The SMILES string of the molecule is CC(C)Sc1ccc(C(N)C(C)CC(=O)O)cc1. The molecule has 4 heteroatoms. The van der Waals surface area contributed by atoms with E-state index in [4.69, 9.17) is 10.8 Å². The second-order valence-corrected chi connectivity index (χ2v) is 6.49. The Morgan fingerprint density at radius 3 is 2.28 bits per heavy atom. The summed E-state index contributed by atoms with van der Waals surface area (Å²) < 4.78 is 0. The molecular formula is C14H21NO2S. The molecule has 0 saturated carbocycles. The molecule has 100 valence electrons. The zero-order valence-corrected chi connectivity index (χ0v) is 11.9. The minimum Gasteiger partial charge on any atom is -0.481 e. The topological polar surface area (TPSA) is 63.3 Å². The number of hydrogen-bond acceptors (Lipinski definition) is 3. The van der Waals surface area contributed by atoms with Crippen LogP contribution >= 0.6 is 11.8 Å². The van der Waals surface area contributed by atoms with Crippen molar-refractivity contribution in [3.8, 4) is 0 Å². The average Bonchev–Trinajstić information content (AvgIpc) is 2.27. The maximum Gasteiger partial charge on any atom is 0.303 e. The Morgan fingerprint density at radius 2 is 1.83 bits per heavy atom. The standard InChI is InChI=1S/C14H21NO2S/c1-9(2)18-12-6-4-11(5-7-12)14(15)10(3)8-13(16)17/h4-7,9-10,14H,8,15H2,1-3H3,(H,16,17). The Labute approximate surface area is 113 Å². The quantitative estimate of drug-likeness (QED) is 0.776. The van der Waals surface area contributed by atoms with Crippen molar-refractivity contribution >= 4 is 17.7 Å². The lowest BCUT2D eigenvalue weighted by molar-refractivity contribution is -0.138. The molecule has 1 aromatic carbocycles. The van der Waals surface area contributed by atoms with E-state index in [1.165, 1.54) is 4.90 Å². The molecule has 0 bridgehead atoms. The number of hydrogen-bond donors (Lipinski definition) is 2. The van der Waals surface area contributed by atoms with Crippen molar-refractivity contribution in [3.05, 3.63) is 29.8 Å². The third-order valence-corrected chi connectivity index (χ3v) is 3.76. The van der Waals surface area contributed by atoms with Gasteiger partial charge in [-0.25, -0.2) is 0 Å². The van der Waals surface area contributed by atoms with Crippen LogP contribution in [0.5, 0.6) is 0 Å². The first-order valence-corrected chi connectivity index (χ1v) is 7.02. The predicted molar refractivity (Wildman–Crippen MR) is 75.8 cm³/mol. The van der Waals surface area contributed by atoms with Crippen molar-refractivity contribution in [2.45, 2.75) is 43.4 Å². The Kier molecular flexibility index (Phi) is 5.69. The smallest absolute Gasteiger partial charge is 0.303 e. The van der Waals surface area contributed by atoms with Crippen LogP contribution in [0.3, 0.4) is 0 Å². The summed E-state index contributed by atoms with van der Waals surface area (Å²) >= 11 is 1.80. The normalized spacial score (nSPS) is 14.5. The number of aliphatic carboxylic acids is 1. The molecule has 0 amide bonds. The number of nitrogens with two attached hydrogens (primary N) is 1. The van der Waals surface area contributed by atoms with Gasteiger partial charge in [0, 0.05) is 22.6 Å². The lowest BCUT2D eigenvalue weighted by Gasteiger charge is -2.19. The molecule has 0 fully saturated rings. The third kappa shape index (κ3) is 4.70. The summed E-state index contributed by atoms with van der Waals surface area (Å²) in [7, 11) is 0. The molecular weight excluding hydrogens is 246 g/mol. The van der Waals surface area contributed by atoms with E-state index in [0.29, 0.717) is 5.25 Å². The zero-order chi connectivity index (χ0) is 13.7. The summed E-state index contributed by atoms with van der Waals surface area (Å²) in [6.07, 6.45) is 0.101. The molecule has 1 rings (SSSR count). The molecule has 1 aromatic rings. The van der Waals surface area contributed by atoms with Crippen LogP contribution in [0.1, 0.15) is 38.8 Å². The fraction of sp³-hybridized carbons (Fsp3) is 0.500. The fourth-order valence-electron chi connectivity index (χ4n) is 1.77. The summed E-state index contributed by atoms with van der Waals surface area (Å²) in [4.78, 5) is 11.9. The van der Waals surface area contributed by atoms with Gasteiger partial charge in [0.25, 0.3) is 0 Å². The number of carboxylic acids is 1. The van der Waals surface area contributed by atoms with E-state index in [0.717, 1.165) is 5.56 Å². The van der Waals surface area contributed by atoms with Crippen LogP contribution in [0.15, 0.2) is 29.2 Å². The molecule has 3 nitrogen and oxygen atoms in total. The summed E-state index contributed by atoms with van der Waals surface area (Å²) in [6.45, 7) is 6.17. The Bertz CT molecular complexity index is 389. The number of carboxylic acid groups (broad SMARTS) is 1. The van der Waals surface area contributed by atoms with E-state index < -0.39 is 5.97 Å². The second kappa shape index (κ2) is 6.81. The van der Waals surface area contributed by atoms with Crippen molar-refractivity contribution in [2.75, 3.05) is 0 Å². The summed E-state index contributed by atoms with van der Waals surface area (Å²) in [5.74, 6) is -0.865. The number of benzene rings is 1. The van der Waals surface area contributed by atoms with E-state index in [9.17, 15) is 4.79 Å². The van der Waals surface area contributed by atoms with Gasteiger partial charge in [-0.1, -0.05) is 32.9 Å². The number of thioether (sulfide) groups is 1. The van der Waals surface area contributed by atoms with Crippen LogP contribution in [-0.4, -0.2) is 16.3 Å². The van der Waals surface area contributed by atoms with Gasteiger partial charge < -0.3 is 10.8 Å². The second-order valence-electron chi connectivity index (χ2n) is 4.84. The summed E-state index contributed by atoms with van der Waals surface area (Å²) in [5.41, 5.74) is 7.07. The van der Waals surface area contributed by atoms with E-state index in [1.807, 2.05) is 31.2 Å². The highest BCUT2D eigenvalue weighted by Crippen LogP contribution is 2.27. The fourth-order valence-corrected chi connectivity index (χ4v) is 2.61. The van der Waals surface area contributed by atoms with Gasteiger partial charge in [0.1, 0.15) is 0 Å². The third-order valence-electron chi connectivity index (χ3n) is 2.75. The molecule has 0 heterocycles. The van der Waals surface area contributed by atoms with E-state index >= 15 is 0 Å². The molecule has 0 saturated heterocycles. The van der Waals surface area contributed by atoms with Gasteiger partial charge >= 0.3 is 5.97 Å². The van der Waals surface area contributed by atoms with Gasteiger partial charge in [0.15, 0.2) is 0 Å². The Morgan fingerprint density at radius 1 is 1.28 bits per heavy atom. The van der Waals surface area contributed by atoms with E-state index in [1.54, 1.807) is 11.8 Å². The van der Waals surface area contributed by atoms with Crippen LogP contribution in [0.4, 0.5) is 0 Å². The van der Waals surface area contributed by atoms with E-state index in [2.05, 4.69) is 13.8 Å². The van der Waals surface area contributed by atoms with Crippen LogP contribution in [0.25, 0.3) is 0 Å². The summed E-state index contributed by atoms with van der Waals surface area (Å²) in [5, 5.41) is 9.32. The minimum atomic E-state index is -0.801. The largest absolute Gasteiger partial charge is 0.481 e. The van der Waals surface area contributed by atoms with Crippen LogP contribution in [-0.2, 0) is 4.79 Å². The molecule has 0 radical (unpaired) electrons. The van der Waals surface area contributed by atoms with Gasteiger partial charge in [-0.05, 0) is 23.6 Å². The molecule has 2 atom stereocenters. The van der Waals surface area contributed by atoms with Gasteiger partial charge in [-0.2, -0.15) is 0 Å². The molecule has 18 heavy (non-hydrogen) atoms. The van der Waals surface area contributed by atoms with Crippen molar-refractivity contribution in [1.82, 2.24) is 0 Å². The number of rotatable bonds is 6. The average molecular weight is 267 g/mol. The zero-order valence-electron chi connectivity index (χ0n) is 11.1. The van der Waals surface area contributed by atoms with Crippen LogP contribution < -0.4 is 5.73 Å². The molecule has 0 spiro atoms. The highest BCUT2D eigenvalue weighted by atomic mass is 32.2. The predicted octanol–water partition coefficient (Wildman–Crippen LogP) is 3.30. The molecule has 0 aliphatic rings. The first-order valence-electron chi connectivity index (χ1n) is 6.14. The van der Waals surface area contributed by atoms with Crippen LogP contribution in [0, 0.1) is 5.92 Å². The lowest BCUT2D eigenvalue weighted by atomic mass is 9.93. The van der Waals surface area contributed by atoms with Gasteiger partial charge in [0.2, 0.25) is 0 Å². The molecule has 0 aliphatic carbocycles. The molecule has 0 aromatic heterocycles. The molecule has 0 aliphatic heterocycles. The highest BCUT2D eigenvalue weighted by molar-refractivity contribution is 7.99. The van der Waals surface area contributed by atoms with Crippen molar-refractivity contribution in [2.24, 2.45) is 11.7 Å². The van der Waals surface area contributed by atoms with Crippen molar-refractivity contribution in [3.63, 3.8) is 0 Å². The van der Waals surface area contributed by atoms with Gasteiger partial charge in [-0.15, -0.1) is 11.8 Å².